The maximum Gasteiger partial charge on any atom is 0.269 e. The zero-order chi connectivity index (χ0) is 18.2. The Balaban J connectivity index is 1.79. The molecule has 0 heterocycles. The zero-order valence-corrected chi connectivity index (χ0v) is 14.7. The van der Waals surface area contributed by atoms with Crippen molar-refractivity contribution in [3.05, 3.63) is 75.8 Å². The highest BCUT2D eigenvalue weighted by Crippen LogP contribution is 2.14. The first kappa shape index (κ1) is 18.7. The summed E-state index contributed by atoms with van der Waals surface area (Å²) in [4.78, 5) is 22.4. The second kappa shape index (κ2) is 9.03. The van der Waals surface area contributed by atoms with Gasteiger partial charge in [-0.15, -0.1) is 0 Å². The number of carbonyl (C=O) groups excluding carboxylic acids is 1. The van der Waals surface area contributed by atoms with Gasteiger partial charge in [-0.25, -0.2) is 0 Å². The maximum atomic E-state index is 12.2. The third-order valence-electron chi connectivity index (χ3n) is 3.80. The van der Waals surface area contributed by atoms with Crippen LogP contribution in [0.4, 0.5) is 5.69 Å². The molecule has 0 amide bonds. The molecule has 25 heavy (non-hydrogen) atoms. The normalized spacial score (nSPS) is 11.6. The van der Waals surface area contributed by atoms with Crippen LogP contribution >= 0.6 is 12.2 Å². The van der Waals surface area contributed by atoms with Crippen molar-refractivity contribution in [3.8, 4) is 0 Å². The molecule has 0 aromatic heterocycles. The van der Waals surface area contributed by atoms with E-state index in [4.69, 9.17) is 17.0 Å². The second-order valence-corrected chi connectivity index (χ2v) is 6.27. The molecule has 0 aliphatic carbocycles. The van der Waals surface area contributed by atoms with Crippen LogP contribution in [0, 0.1) is 16.0 Å². The molecule has 1 unspecified atom stereocenters. The molecule has 2 aromatic carbocycles. The third-order valence-corrected chi connectivity index (χ3v) is 4.06. The van der Waals surface area contributed by atoms with E-state index < -0.39 is 4.92 Å². The van der Waals surface area contributed by atoms with Crippen molar-refractivity contribution in [1.82, 2.24) is 0 Å². The second-order valence-electron chi connectivity index (χ2n) is 5.82. The summed E-state index contributed by atoms with van der Waals surface area (Å²) in [6, 6.07) is 15.9. The number of nitrogens with zero attached hydrogens (tertiary/aromatic N) is 1. The van der Waals surface area contributed by atoms with Crippen LogP contribution in [0.3, 0.4) is 0 Å². The average molecular weight is 357 g/mol. The number of rotatable bonds is 8. The van der Waals surface area contributed by atoms with Gasteiger partial charge < -0.3 is 4.74 Å². The molecule has 0 saturated heterocycles. The van der Waals surface area contributed by atoms with E-state index in [2.05, 4.69) is 0 Å². The first-order valence-electron chi connectivity index (χ1n) is 7.91. The summed E-state index contributed by atoms with van der Waals surface area (Å²) in [6.07, 6.45) is 0.765. The van der Waals surface area contributed by atoms with E-state index in [1.54, 1.807) is 12.1 Å². The van der Waals surface area contributed by atoms with Crippen molar-refractivity contribution >= 4 is 28.7 Å². The van der Waals surface area contributed by atoms with E-state index in [0.29, 0.717) is 6.42 Å². The Morgan fingerprint density at radius 3 is 2.36 bits per heavy atom. The number of hydrogen-bond donors (Lipinski definition) is 0. The van der Waals surface area contributed by atoms with Crippen molar-refractivity contribution in [2.75, 3.05) is 0 Å². The van der Waals surface area contributed by atoms with E-state index in [1.807, 2.05) is 37.3 Å². The number of Topliss-reactive ketones (excluding diaryl/α,β-unsaturated/α-hetero) is 1. The van der Waals surface area contributed by atoms with E-state index in [-0.39, 0.29) is 35.5 Å². The van der Waals surface area contributed by atoms with Gasteiger partial charge in [0.2, 0.25) is 0 Å². The molecule has 6 heteroatoms. The van der Waals surface area contributed by atoms with Crippen LogP contribution in [0.1, 0.15) is 24.5 Å². The van der Waals surface area contributed by atoms with Crippen LogP contribution < -0.4 is 0 Å². The van der Waals surface area contributed by atoms with Crippen LogP contribution in [-0.4, -0.2) is 15.8 Å². The Labute approximate surface area is 151 Å². The van der Waals surface area contributed by atoms with Crippen LogP contribution in [0.15, 0.2) is 54.6 Å². The maximum absolute atomic E-state index is 12.2. The number of ketones is 1. The summed E-state index contributed by atoms with van der Waals surface area (Å²) in [5.41, 5.74) is 1.90. The molecule has 0 fully saturated rings. The lowest BCUT2D eigenvalue weighted by Gasteiger charge is -2.12. The smallest absolute Gasteiger partial charge is 0.269 e. The number of hydrogen-bond acceptors (Lipinski definition) is 5. The average Bonchev–Trinajstić information content (AvgIpc) is 2.61. The van der Waals surface area contributed by atoms with E-state index in [0.717, 1.165) is 11.1 Å². The summed E-state index contributed by atoms with van der Waals surface area (Å²) in [7, 11) is 0. The molecule has 0 aliphatic heterocycles. The Hall–Kier alpha value is -2.60. The fourth-order valence-corrected chi connectivity index (χ4v) is 2.53. The topological polar surface area (TPSA) is 69.4 Å². The Morgan fingerprint density at radius 1 is 1.12 bits per heavy atom. The predicted octanol–water partition coefficient (Wildman–Crippen LogP) is 4.28. The lowest BCUT2D eigenvalue weighted by atomic mass is 9.96. The van der Waals surface area contributed by atoms with Gasteiger partial charge in [0.25, 0.3) is 5.69 Å². The largest absolute Gasteiger partial charge is 0.482 e. The molecule has 2 rings (SSSR count). The van der Waals surface area contributed by atoms with Crippen LogP contribution in [0.25, 0.3) is 0 Å². The third kappa shape index (κ3) is 6.08. The molecule has 0 spiro atoms. The lowest BCUT2D eigenvalue weighted by molar-refractivity contribution is -0.384. The molecular formula is C19H19NO4S. The Bertz CT molecular complexity index is 744. The summed E-state index contributed by atoms with van der Waals surface area (Å²) < 4.78 is 5.44. The zero-order valence-electron chi connectivity index (χ0n) is 13.9. The van der Waals surface area contributed by atoms with Gasteiger partial charge in [-0.3, -0.25) is 14.9 Å². The highest BCUT2D eigenvalue weighted by molar-refractivity contribution is 7.80. The van der Waals surface area contributed by atoms with Crippen LogP contribution in [-0.2, 0) is 22.6 Å². The molecule has 0 saturated carbocycles. The van der Waals surface area contributed by atoms with Crippen molar-refractivity contribution in [2.45, 2.75) is 26.4 Å². The standard InChI is InChI=1S/C19H19NO4S/c1-14(11-15-5-3-2-4-6-15)18(21)12-19(25)24-13-16-7-9-17(10-8-16)20(22)23/h2-10,14H,11-13H2,1H3. The number of nitro groups is 1. The molecule has 130 valence electrons. The van der Waals surface area contributed by atoms with Gasteiger partial charge in [-0.05, 0) is 41.9 Å². The number of thiocarbonyl (C=S) groups is 1. The minimum absolute atomic E-state index is 0.0243. The number of carbonyl (C=O) groups is 1. The fourth-order valence-electron chi connectivity index (χ4n) is 2.33. The molecule has 0 bridgehead atoms. The van der Waals surface area contributed by atoms with Crippen molar-refractivity contribution < 1.29 is 14.5 Å². The van der Waals surface area contributed by atoms with Crippen LogP contribution in [0.5, 0.6) is 0 Å². The van der Waals surface area contributed by atoms with E-state index in [9.17, 15) is 14.9 Å². The molecule has 5 nitrogen and oxygen atoms in total. The summed E-state index contributed by atoms with van der Waals surface area (Å²) in [5.74, 6) is -0.0964. The Kier molecular flexibility index (Phi) is 6.77. The van der Waals surface area contributed by atoms with Crippen molar-refractivity contribution in [3.63, 3.8) is 0 Å². The molecule has 1 atom stereocenters. The van der Waals surface area contributed by atoms with Crippen LogP contribution in [0.2, 0.25) is 0 Å². The highest BCUT2D eigenvalue weighted by atomic mass is 32.1. The fraction of sp³-hybridized carbons (Fsp3) is 0.263. The van der Waals surface area contributed by atoms with Gasteiger partial charge in [0.1, 0.15) is 12.4 Å². The highest BCUT2D eigenvalue weighted by Gasteiger charge is 2.16. The molecular weight excluding hydrogens is 338 g/mol. The molecule has 0 radical (unpaired) electrons. The minimum Gasteiger partial charge on any atom is -0.482 e. The van der Waals surface area contributed by atoms with Gasteiger partial charge in [-0.2, -0.15) is 0 Å². The minimum atomic E-state index is -0.456. The number of nitro benzene ring substituents is 1. The monoisotopic (exact) mass is 357 g/mol. The first-order valence-corrected chi connectivity index (χ1v) is 8.32. The molecule has 2 aromatic rings. The summed E-state index contributed by atoms with van der Waals surface area (Å²) >= 11 is 5.13. The van der Waals surface area contributed by atoms with Gasteiger partial charge in [0.15, 0.2) is 5.05 Å². The summed E-state index contributed by atoms with van der Waals surface area (Å²) in [5, 5.41) is 10.8. The first-order chi connectivity index (χ1) is 12.0. The van der Waals surface area contributed by atoms with E-state index >= 15 is 0 Å². The van der Waals surface area contributed by atoms with Crippen molar-refractivity contribution in [1.29, 1.82) is 0 Å². The predicted molar refractivity (Wildman–Crippen MR) is 99.4 cm³/mol. The Morgan fingerprint density at radius 2 is 1.76 bits per heavy atom. The van der Waals surface area contributed by atoms with Gasteiger partial charge in [-0.1, -0.05) is 37.3 Å². The summed E-state index contributed by atoms with van der Waals surface area (Å²) in [6.45, 7) is 2.07. The lowest BCUT2D eigenvalue weighted by Crippen LogP contribution is -2.18. The SMILES string of the molecule is CC(Cc1ccccc1)C(=O)CC(=S)OCc1ccc([N+](=O)[O-])cc1. The van der Waals surface area contributed by atoms with E-state index in [1.165, 1.54) is 12.1 Å². The number of non-ortho nitro benzene ring substituents is 1. The van der Waals surface area contributed by atoms with Gasteiger partial charge in [0.05, 0.1) is 11.3 Å². The molecule has 0 N–H and O–H groups in total. The van der Waals surface area contributed by atoms with Gasteiger partial charge >= 0.3 is 0 Å². The van der Waals surface area contributed by atoms with Crippen molar-refractivity contribution in [2.24, 2.45) is 5.92 Å². The molecule has 0 aliphatic rings. The number of benzene rings is 2. The quantitative estimate of drug-likeness (QED) is 0.401. The number of ether oxygens (including phenoxy) is 1. The van der Waals surface area contributed by atoms with Gasteiger partial charge in [0, 0.05) is 18.1 Å².